The highest BCUT2D eigenvalue weighted by Crippen LogP contribution is 2.23. The van der Waals surface area contributed by atoms with E-state index in [9.17, 15) is 4.79 Å². The van der Waals surface area contributed by atoms with Crippen molar-refractivity contribution >= 4 is 5.97 Å². The van der Waals surface area contributed by atoms with E-state index in [2.05, 4.69) is 41.2 Å². The first kappa shape index (κ1) is 21.6. The van der Waals surface area contributed by atoms with E-state index in [1.54, 1.807) is 6.20 Å². The molecule has 1 heterocycles. The van der Waals surface area contributed by atoms with Crippen molar-refractivity contribution in [2.75, 3.05) is 19.7 Å². The summed E-state index contributed by atoms with van der Waals surface area (Å²) < 4.78 is 7.99. The highest BCUT2D eigenvalue weighted by Gasteiger charge is 2.10. The van der Waals surface area contributed by atoms with Crippen molar-refractivity contribution in [1.29, 1.82) is 0 Å². The molecular formula is C24H29N3O3. The van der Waals surface area contributed by atoms with Crippen LogP contribution in [0.3, 0.4) is 0 Å². The maximum Gasteiger partial charge on any atom is 0.303 e. The van der Waals surface area contributed by atoms with Crippen LogP contribution in [0.5, 0.6) is 5.75 Å². The van der Waals surface area contributed by atoms with Crippen LogP contribution in [0.15, 0.2) is 67.0 Å². The third-order valence-electron chi connectivity index (χ3n) is 5.00. The van der Waals surface area contributed by atoms with Gasteiger partial charge in [-0.25, -0.2) is 0 Å². The molecule has 2 aromatic carbocycles. The molecule has 3 aromatic rings. The lowest BCUT2D eigenvalue weighted by molar-refractivity contribution is -0.136. The van der Waals surface area contributed by atoms with Crippen LogP contribution >= 0.6 is 0 Å². The maximum atomic E-state index is 11.0. The molecule has 6 nitrogen and oxygen atoms in total. The molecule has 0 aliphatic rings. The first-order valence-corrected chi connectivity index (χ1v) is 10.3. The van der Waals surface area contributed by atoms with E-state index >= 15 is 0 Å². The number of rotatable bonds is 12. The van der Waals surface area contributed by atoms with Gasteiger partial charge in [-0.1, -0.05) is 49.4 Å². The van der Waals surface area contributed by atoms with E-state index in [0.717, 1.165) is 36.5 Å². The highest BCUT2D eigenvalue weighted by atomic mass is 16.5. The lowest BCUT2D eigenvalue weighted by Gasteiger charge is -2.21. The van der Waals surface area contributed by atoms with Gasteiger partial charge in [-0.2, -0.15) is 5.10 Å². The lowest BCUT2D eigenvalue weighted by Crippen LogP contribution is -2.28. The quantitative estimate of drug-likeness (QED) is 0.494. The summed E-state index contributed by atoms with van der Waals surface area (Å²) in [6.07, 6.45) is 4.21. The van der Waals surface area contributed by atoms with Crippen molar-refractivity contribution in [2.24, 2.45) is 0 Å². The van der Waals surface area contributed by atoms with Crippen LogP contribution in [0.1, 0.15) is 30.0 Å². The standard InChI is InChI=1S/C24H29N3O3/c1-2-26(18-20-7-4-3-5-8-20)15-16-30-23-17-21(19-27-14-6-13-25-27)9-10-22(23)11-12-24(28)29/h3-10,13-14,17H,2,11-12,15-16,18-19H2,1H3,(H,28,29). The summed E-state index contributed by atoms with van der Waals surface area (Å²) in [4.78, 5) is 13.4. The fourth-order valence-corrected chi connectivity index (χ4v) is 3.34. The van der Waals surface area contributed by atoms with Gasteiger partial charge in [-0.3, -0.25) is 14.4 Å². The number of nitrogens with zero attached hydrogens (tertiary/aromatic N) is 3. The van der Waals surface area contributed by atoms with Crippen molar-refractivity contribution in [2.45, 2.75) is 32.9 Å². The SMILES string of the molecule is CCN(CCOc1cc(Cn2cccn2)ccc1CCC(=O)O)Cc1ccccc1. The summed E-state index contributed by atoms with van der Waals surface area (Å²) in [5.41, 5.74) is 3.28. The molecule has 3 rings (SSSR count). The number of hydrogen-bond donors (Lipinski definition) is 1. The van der Waals surface area contributed by atoms with Crippen LogP contribution in [-0.2, 0) is 24.3 Å². The van der Waals surface area contributed by atoms with Crippen LogP contribution in [0.25, 0.3) is 0 Å². The molecule has 0 atom stereocenters. The Hall–Kier alpha value is -3.12. The average Bonchev–Trinajstić information content (AvgIpc) is 3.26. The normalized spacial score (nSPS) is 11.0. The van der Waals surface area contributed by atoms with Crippen molar-refractivity contribution in [3.8, 4) is 5.75 Å². The molecule has 158 valence electrons. The number of carboxylic acids is 1. The minimum Gasteiger partial charge on any atom is -0.492 e. The predicted octanol–water partition coefficient (Wildman–Crippen LogP) is 3.85. The maximum absolute atomic E-state index is 11.0. The Morgan fingerprint density at radius 2 is 1.97 bits per heavy atom. The van der Waals surface area contributed by atoms with Gasteiger partial charge in [0.15, 0.2) is 0 Å². The number of likely N-dealkylation sites (N-methyl/N-ethyl adjacent to an activating group) is 1. The molecule has 6 heteroatoms. The number of benzene rings is 2. The van der Waals surface area contributed by atoms with Crippen molar-refractivity contribution < 1.29 is 14.6 Å². The number of hydrogen-bond acceptors (Lipinski definition) is 4. The first-order chi connectivity index (χ1) is 14.6. The van der Waals surface area contributed by atoms with Gasteiger partial charge < -0.3 is 9.84 Å². The summed E-state index contributed by atoms with van der Waals surface area (Å²) in [6, 6.07) is 18.3. The van der Waals surface area contributed by atoms with Crippen LogP contribution in [-0.4, -0.2) is 45.5 Å². The van der Waals surface area contributed by atoms with E-state index in [0.29, 0.717) is 19.6 Å². The number of aromatic nitrogens is 2. The first-order valence-electron chi connectivity index (χ1n) is 10.3. The average molecular weight is 408 g/mol. The predicted molar refractivity (Wildman–Crippen MR) is 117 cm³/mol. The summed E-state index contributed by atoms with van der Waals surface area (Å²) in [7, 11) is 0. The summed E-state index contributed by atoms with van der Waals surface area (Å²) >= 11 is 0. The van der Waals surface area contributed by atoms with Gasteiger partial charge in [0.1, 0.15) is 12.4 Å². The number of aryl methyl sites for hydroxylation is 1. The molecule has 0 aliphatic heterocycles. The molecular weight excluding hydrogens is 378 g/mol. The van der Waals surface area contributed by atoms with Crippen LogP contribution < -0.4 is 4.74 Å². The zero-order valence-electron chi connectivity index (χ0n) is 17.4. The Kier molecular flexibility index (Phi) is 8.03. The molecule has 0 fully saturated rings. The third kappa shape index (κ3) is 6.74. The van der Waals surface area contributed by atoms with E-state index < -0.39 is 5.97 Å². The van der Waals surface area contributed by atoms with E-state index in [-0.39, 0.29) is 6.42 Å². The van der Waals surface area contributed by atoms with Crippen LogP contribution in [0.4, 0.5) is 0 Å². The fourth-order valence-electron chi connectivity index (χ4n) is 3.34. The smallest absolute Gasteiger partial charge is 0.303 e. The third-order valence-corrected chi connectivity index (χ3v) is 5.00. The number of aliphatic carboxylic acids is 1. The molecule has 0 radical (unpaired) electrons. The number of carbonyl (C=O) groups is 1. The second-order valence-corrected chi connectivity index (χ2v) is 7.24. The summed E-state index contributed by atoms with van der Waals surface area (Å²) in [5, 5.41) is 13.3. The Morgan fingerprint density at radius 1 is 1.13 bits per heavy atom. The zero-order chi connectivity index (χ0) is 21.2. The summed E-state index contributed by atoms with van der Waals surface area (Å²) in [5.74, 6) is -0.0433. The molecule has 0 saturated heterocycles. The minimum absolute atomic E-state index is 0.0873. The zero-order valence-corrected chi connectivity index (χ0v) is 17.4. The fraction of sp³-hybridized carbons (Fsp3) is 0.333. The molecule has 0 spiro atoms. The topological polar surface area (TPSA) is 67.6 Å². The van der Waals surface area contributed by atoms with Crippen LogP contribution in [0, 0.1) is 0 Å². The Labute approximate surface area is 177 Å². The largest absolute Gasteiger partial charge is 0.492 e. The van der Waals surface area contributed by atoms with Gasteiger partial charge in [-0.15, -0.1) is 0 Å². The molecule has 0 bridgehead atoms. The van der Waals surface area contributed by atoms with Crippen molar-refractivity contribution in [1.82, 2.24) is 14.7 Å². The van der Waals surface area contributed by atoms with E-state index in [1.807, 2.05) is 41.2 Å². The summed E-state index contributed by atoms with van der Waals surface area (Å²) in [6.45, 7) is 5.96. The van der Waals surface area contributed by atoms with Crippen LogP contribution in [0.2, 0.25) is 0 Å². The molecule has 1 aromatic heterocycles. The molecule has 0 saturated carbocycles. The van der Waals surface area contributed by atoms with Gasteiger partial charge in [0.25, 0.3) is 0 Å². The van der Waals surface area contributed by atoms with Crippen molar-refractivity contribution in [3.05, 3.63) is 83.7 Å². The van der Waals surface area contributed by atoms with E-state index in [4.69, 9.17) is 9.84 Å². The van der Waals surface area contributed by atoms with E-state index in [1.165, 1.54) is 5.56 Å². The number of ether oxygens (including phenoxy) is 1. The molecule has 30 heavy (non-hydrogen) atoms. The molecule has 0 aliphatic carbocycles. The second kappa shape index (κ2) is 11.2. The lowest BCUT2D eigenvalue weighted by atomic mass is 10.1. The number of carboxylic acid groups (broad SMARTS) is 1. The Morgan fingerprint density at radius 3 is 2.67 bits per heavy atom. The molecule has 0 amide bonds. The van der Waals surface area contributed by atoms with Gasteiger partial charge in [0.05, 0.1) is 6.54 Å². The Bertz CT molecular complexity index is 911. The molecule has 0 unspecified atom stereocenters. The van der Waals surface area contributed by atoms with Gasteiger partial charge in [-0.05, 0) is 41.8 Å². The van der Waals surface area contributed by atoms with Gasteiger partial charge >= 0.3 is 5.97 Å². The second-order valence-electron chi connectivity index (χ2n) is 7.24. The van der Waals surface area contributed by atoms with Gasteiger partial charge in [0.2, 0.25) is 0 Å². The minimum atomic E-state index is -0.804. The monoisotopic (exact) mass is 407 g/mol. The molecule has 1 N–H and O–H groups in total. The van der Waals surface area contributed by atoms with Crippen molar-refractivity contribution in [3.63, 3.8) is 0 Å². The Balaban J connectivity index is 1.64. The van der Waals surface area contributed by atoms with Gasteiger partial charge in [0, 0.05) is 31.9 Å². The highest BCUT2D eigenvalue weighted by molar-refractivity contribution is 5.67.